The van der Waals surface area contributed by atoms with Crippen LogP contribution >= 0.6 is 0 Å². The van der Waals surface area contributed by atoms with E-state index in [2.05, 4.69) is 25.1 Å². The van der Waals surface area contributed by atoms with Crippen molar-refractivity contribution < 1.29 is 9.53 Å². The maximum Gasteiger partial charge on any atom is 0.409 e. The minimum atomic E-state index is -0.260. The molecular weight excluding hydrogens is 214 g/mol. The van der Waals surface area contributed by atoms with Crippen LogP contribution in [-0.2, 0) is 11.2 Å². The number of ether oxygens (including phenoxy) is 1. The summed E-state index contributed by atoms with van der Waals surface area (Å²) in [4.78, 5) is 13.1. The monoisotopic (exact) mass is 233 g/mol. The van der Waals surface area contributed by atoms with Crippen molar-refractivity contribution >= 4 is 6.09 Å². The van der Waals surface area contributed by atoms with Crippen molar-refractivity contribution in [1.29, 1.82) is 0 Å². The number of amides is 1. The van der Waals surface area contributed by atoms with Crippen molar-refractivity contribution in [3.8, 4) is 0 Å². The molecule has 1 aliphatic rings. The highest BCUT2D eigenvalue weighted by atomic mass is 16.6. The molecule has 0 N–H and O–H groups in total. The van der Waals surface area contributed by atoms with Gasteiger partial charge in [0.05, 0.1) is 0 Å². The van der Waals surface area contributed by atoms with Gasteiger partial charge in [-0.1, -0.05) is 23.8 Å². The Balaban J connectivity index is 2.22. The van der Waals surface area contributed by atoms with Crippen LogP contribution in [0.4, 0.5) is 4.79 Å². The van der Waals surface area contributed by atoms with Gasteiger partial charge in [-0.3, -0.25) is 0 Å². The second-order valence-electron chi connectivity index (χ2n) is 4.86. The summed E-state index contributed by atoms with van der Waals surface area (Å²) in [7, 11) is 3.42. The van der Waals surface area contributed by atoms with E-state index in [0.29, 0.717) is 0 Å². The van der Waals surface area contributed by atoms with Crippen LogP contribution in [0.5, 0.6) is 0 Å². The molecule has 1 aliphatic carbocycles. The summed E-state index contributed by atoms with van der Waals surface area (Å²) in [5.74, 6) is 0. The lowest BCUT2D eigenvalue weighted by Gasteiger charge is -2.27. The van der Waals surface area contributed by atoms with Crippen LogP contribution in [0.25, 0.3) is 0 Å². The van der Waals surface area contributed by atoms with Gasteiger partial charge >= 0.3 is 6.09 Å². The Morgan fingerprint density at radius 2 is 2.18 bits per heavy atom. The van der Waals surface area contributed by atoms with Crippen molar-refractivity contribution in [1.82, 2.24) is 4.90 Å². The van der Waals surface area contributed by atoms with E-state index >= 15 is 0 Å². The Morgan fingerprint density at radius 3 is 2.88 bits per heavy atom. The highest BCUT2D eigenvalue weighted by Gasteiger charge is 2.24. The van der Waals surface area contributed by atoms with Crippen LogP contribution in [0.15, 0.2) is 18.2 Å². The zero-order chi connectivity index (χ0) is 12.4. The molecule has 0 spiro atoms. The van der Waals surface area contributed by atoms with Gasteiger partial charge in [0, 0.05) is 14.1 Å². The fraction of sp³-hybridized carbons (Fsp3) is 0.500. The smallest absolute Gasteiger partial charge is 0.409 e. The van der Waals surface area contributed by atoms with Gasteiger partial charge in [-0.2, -0.15) is 0 Å². The maximum atomic E-state index is 11.6. The third kappa shape index (κ3) is 2.60. The number of rotatable bonds is 1. The summed E-state index contributed by atoms with van der Waals surface area (Å²) in [5.41, 5.74) is 3.72. The van der Waals surface area contributed by atoms with E-state index in [1.165, 1.54) is 21.6 Å². The summed E-state index contributed by atoms with van der Waals surface area (Å²) < 4.78 is 5.52. The molecule has 0 bridgehead atoms. The molecule has 1 atom stereocenters. The molecule has 1 unspecified atom stereocenters. The Hall–Kier alpha value is -1.51. The molecule has 0 heterocycles. The third-order valence-corrected chi connectivity index (χ3v) is 3.17. The maximum absolute atomic E-state index is 11.6. The number of fused-ring (bicyclic) bond motifs is 1. The summed E-state index contributed by atoms with van der Waals surface area (Å²) in [6.07, 6.45) is 2.77. The van der Waals surface area contributed by atoms with Gasteiger partial charge in [0.1, 0.15) is 6.10 Å². The number of benzene rings is 1. The molecule has 3 nitrogen and oxygen atoms in total. The van der Waals surface area contributed by atoms with Crippen LogP contribution in [0.2, 0.25) is 0 Å². The molecule has 0 radical (unpaired) electrons. The molecule has 0 aliphatic heterocycles. The standard InChI is InChI=1S/C14H19NO2/c1-10-7-8-11-5-4-6-13(12(11)9-10)17-14(16)15(2)3/h7-9,13H,4-6H2,1-3H3. The molecule has 0 fully saturated rings. The number of hydrogen-bond donors (Lipinski definition) is 0. The normalized spacial score (nSPS) is 18.4. The third-order valence-electron chi connectivity index (χ3n) is 3.17. The van der Waals surface area contributed by atoms with E-state index in [-0.39, 0.29) is 12.2 Å². The molecule has 1 aromatic carbocycles. The number of carbonyl (C=O) groups is 1. The van der Waals surface area contributed by atoms with Gasteiger partial charge < -0.3 is 9.64 Å². The second-order valence-corrected chi connectivity index (χ2v) is 4.86. The Kier molecular flexibility index (Phi) is 3.36. The van der Waals surface area contributed by atoms with Gasteiger partial charge in [-0.25, -0.2) is 4.79 Å². The topological polar surface area (TPSA) is 29.5 Å². The van der Waals surface area contributed by atoms with Gasteiger partial charge in [0.25, 0.3) is 0 Å². The summed E-state index contributed by atoms with van der Waals surface area (Å²) >= 11 is 0. The van der Waals surface area contributed by atoms with Crippen LogP contribution in [0.1, 0.15) is 35.6 Å². The van der Waals surface area contributed by atoms with E-state index in [1.807, 2.05) is 0 Å². The van der Waals surface area contributed by atoms with E-state index in [9.17, 15) is 4.79 Å². The summed E-state index contributed by atoms with van der Waals surface area (Å²) in [5, 5.41) is 0. The number of aryl methyl sites for hydroxylation is 2. The van der Waals surface area contributed by atoms with E-state index in [0.717, 1.165) is 19.3 Å². The van der Waals surface area contributed by atoms with E-state index in [4.69, 9.17) is 4.74 Å². The first kappa shape index (κ1) is 12.0. The molecule has 1 aromatic rings. The Bertz CT molecular complexity index is 426. The summed E-state index contributed by atoms with van der Waals surface area (Å²) in [6.45, 7) is 2.07. The number of hydrogen-bond acceptors (Lipinski definition) is 2. The molecule has 0 saturated heterocycles. The van der Waals surface area contributed by atoms with Gasteiger partial charge in [0.2, 0.25) is 0 Å². The number of nitrogens with zero attached hydrogens (tertiary/aromatic N) is 1. The SMILES string of the molecule is Cc1ccc2c(c1)C(OC(=O)N(C)C)CCC2. The quantitative estimate of drug-likeness (QED) is 0.746. The van der Waals surface area contributed by atoms with Crippen molar-refractivity contribution in [2.45, 2.75) is 32.3 Å². The molecular formula is C14H19NO2. The first-order chi connectivity index (χ1) is 8.08. The highest BCUT2D eigenvalue weighted by Crippen LogP contribution is 2.33. The van der Waals surface area contributed by atoms with Gasteiger partial charge in [0.15, 0.2) is 0 Å². The van der Waals surface area contributed by atoms with Gasteiger partial charge in [-0.15, -0.1) is 0 Å². The minimum Gasteiger partial charge on any atom is -0.441 e. The average molecular weight is 233 g/mol. The van der Waals surface area contributed by atoms with Gasteiger partial charge in [-0.05, 0) is 37.3 Å². The van der Waals surface area contributed by atoms with Crippen molar-refractivity contribution in [2.24, 2.45) is 0 Å². The zero-order valence-corrected chi connectivity index (χ0v) is 10.7. The van der Waals surface area contributed by atoms with E-state index in [1.54, 1.807) is 14.1 Å². The lowest BCUT2D eigenvalue weighted by molar-refractivity contribution is 0.0657. The first-order valence-corrected chi connectivity index (χ1v) is 6.05. The fourth-order valence-electron chi connectivity index (χ4n) is 2.22. The van der Waals surface area contributed by atoms with Crippen molar-refractivity contribution in [3.63, 3.8) is 0 Å². The lowest BCUT2D eigenvalue weighted by Crippen LogP contribution is -2.26. The summed E-state index contributed by atoms with van der Waals surface area (Å²) in [6, 6.07) is 6.41. The van der Waals surface area contributed by atoms with Crippen LogP contribution in [-0.4, -0.2) is 25.1 Å². The number of carbonyl (C=O) groups excluding carboxylic acids is 1. The molecule has 2 rings (SSSR count). The molecule has 0 saturated carbocycles. The predicted octanol–water partition coefficient (Wildman–Crippen LogP) is 3.07. The molecule has 17 heavy (non-hydrogen) atoms. The van der Waals surface area contributed by atoms with E-state index < -0.39 is 0 Å². The Labute approximate surface area is 102 Å². The van der Waals surface area contributed by atoms with Crippen LogP contribution < -0.4 is 0 Å². The zero-order valence-electron chi connectivity index (χ0n) is 10.7. The molecule has 1 amide bonds. The fourth-order valence-corrected chi connectivity index (χ4v) is 2.22. The van der Waals surface area contributed by atoms with Crippen molar-refractivity contribution in [3.05, 3.63) is 34.9 Å². The highest BCUT2D eigenvalue weighted by molar-refractivity contribution is 5.67. The van der Waals surface area contributed by atoms with Crippen LogP contribution in [0, 0.1) is 6.92 Å². The lowest BCUT2D eigenvalue weighted by atomic mass is 9.88. The minimum absolute atomic E-state index is 0.0754. The molecule has 0 aromatic heterocycles. The average Bonchev–Trinajstić information content (AvgIpc) is 2.29. The van der Waals surface area contributed by atoms with Crippen LogP contribution in [0.3, 0.4) is 0 Å². The van der Waals surface area contributed by atoms with Crippen molar-refractivity contribution in [2.75, 3.05) is 14.1 Å². The second kappa shape index (κ2) is 4.78. The largest absolute Gasteiger partial charge is 0.441 e. The molecule has 3 heteroatoms. The molecule has 92 valence electrons. The Morgan fingerprint density at radius 1 is 1.41 bits per heavy atom. The first-order valence-electron chi connectivity index (χ1n) is 6.05. The predicted molar refractivity (Wildman–Crippen MR) is 67.0 cm³/mol.